The van der Waals surface area contributed by atoms with E-state index < -0.39 is 0 Å². The number of hydrogen-bond acceptors (Lipinski definition) is 5. The smallest absolute Gasteiger partial charge is 0.185 e. The average molecular weight is 213 g/mol. The van der Waals surface area contributed by atoms with E-state index in [1.54, 1.807) is 13.3 Å². The van der Waals surface area contributed by atoms with Gasteiger partial charge in [0.05, 0.1) is 18.3 Å². The number of aromatic nitrogens is 1. The quantitative estimate of drug-likeness (QED) is 0.799. The van der Waals surface area contributed by atoms with Gasteiger partial charge in [0.25, 0.3) is 0 Å². The van der Waals surface area contributed by atoms with E-state index in [9.17, 15) is 0 Å². The molecule has 1 aliphatic rings. The average Bonchev–Trinajstić information content (AvgIpc) is 2.48. The number of hydrogen-bond donors (Lipinski definition) is 2. The van der Waals surface area contributed by atoms with Crippen molar-refractivity contribution in [2.24, 2.45) is 0 Å². The third-order valence-corrected chi connectivity index (χ3v) is 3.37. The summed E-state index contributed by atoms with van der Waals surface area (Å²) in [6.07, 6.45) is 5.25. The summed E-state index contributed by atoms with van der Waals surface area (Å²) in [6, 6.07) is 0. The van der Waals surface area contributed by atoms with E-state index >= 15 is 0 Å². The molecule has 14 heavy (non-hydrogen) atoms. The van der Waals surface area contributed by atoms with Gasteiger partial charge < -0.3 is 15.8 Å². The van der Waals surface area contributed by atoms with Crippen molar-refractivity contribution in [2.75, 3.05) is 24.8 Å². The van der Waals surface area contributed by atoms with Crippen LogP contribution in [-0.4, -0.2) is 24.2 Å². The zero-order valence-electron chi connectivity index (χ0n) is 8.25. The SMILES string of the molecule is COCC1(Nc2ncc(N)s2)CCC1. The van der Waals surface area contributed by atoms with Crippen molar-refractivity contribution in [1.29, 1.82) is 0 Å². The van der Waals surface area contributed by atoms with Crippen molar-refractivity contribution in [3.05, 3.63) is 6.20 Å². The second-order valence-corrected chi connectivity index (χ2v) is 4.82. The molecule has 1 aromatic heterocycles. The van der Waals surface area contributed by atoms with E-state index in [2.05, 4.69) is 10.3 Å². The van der Waals surface area contributed by atoms with Gasteiger partial charge in [-0.3, -0.25) is 0 Å². The number of thiazole rings is 1. The first-order valence-corrected chi connectivity index (χ1v) is 5.54. The standard InChI is InChI=1S/C9H15N3OS/c1-13-6-9(3-2-4-9)12-8-11-5-7(10)14-8/h5H,2-4,6,10H2,1H3,(H,11,12). The lowest BCUT2D eigenvalue weighted by molar-refractivity contribution is 0.0983. The highest BCUT2D eigenvalue weighted by Gasteiger charge is 2.37. The van der Waals surface area contributed by atoms with Gasteiger partial charge in [-0.05, 0) is 19.3 Å². The molecule has 5 heteroatoms. The molecule has 1 aliphatic carbocycles. The number of anilines is 2. The lowest BCUT2D eigenvalue weighted by atomic mass is 9.77. The second kappa shape index (κ2) is 3.74. The summed E-state index contributed by atoms with van der Waals surface area (Å²) in [5.41, 5.74) is 5.73. The van der Waals surface area contributed by atoms with Crippen LogP contribution in [0.3, 0.4) is 0 Å². The Morgan fingerprint density at radius 3 is 2.93 bits per heavy atom. The van der Waals surface area contributed by atoms with Crippen LogP contribution in [0.25, 0.3) is 0 Å². The summed E-state index contributed by atoms with van der Waals surface area (Å²) in [6.45, 7) is 0.743. The first-order chi connectivity index (χ1) is 6.74. The summed E-state index contributed by atoms with van der Waals surface area (Å²) in [4.78, 5) is 4.19. The topological polar surface area (TPSA) is 60.2 Å². The van der Waals surface area contributed by atoms with Gasteiger partial charge in [-0.1, -0.05) is 11.3 Å². The molecule has 1 aromatic rings. The first-order valence-electron chi connectivity index (χ1n) is 4.72. The minimum absolute atomic E-state index is 0.110. The number of nitrogen functional groups attached to an aromatic ring is 1. The first kappa shape index (κ1) is 9.73. The fraction of sp³-hybridized carbons (Fsp3) is 0.667. The molecule has 78 valence electrons. The number of nitrogens with one attached hydrogen (secondary N) is 1. The Labute approximate surface area is 87.5 Å². The molecule has 0 aliphatic heterocycles. The van der Waals surface area contributed by atoms with E-state index in [4.69, 9.17) is 10.5 Å². The molecular formula is C9H15N3OS. The summed E-state index contributed by atoms with van der Waals surface area (Å²) < 4.78 is 5.21. The van der Waals surface area contributed by atoms with Gasteiger partial charge in [-0.15, -0.1) is 0 Å². The fourth-order valence-corrected chi connectivity index (χ4v) is 2.46. The number of nitrogens with zero attached hydrogens (tertiary/aromatic N) is 1. The lowest BCUT2D eigenvalue weighted by Gasteiger charge is -2.41. The molecule has 0 bridgehead atoms. The molecule has 3 N–H and O–H groups in total. The molecular weight excluding hydrogens is 198 g/mol. The van der Waals surface area contributed by atoms with Crippen LogP contribution in [0.4, 0.5) is 10.1 Å². The van der Waals surface area contributed by atoms with Crippen LogP contribution in [0.2, 0.25) is 0 Å². The number of nitrogens with two attached hydrogens (primary N) is 1. The Bertz CT molecular complexity index is 309. The van der Waals surface area contributed by atoms with E-state index in [-0.39, 0.29) is 5.54 Å². The minimum Gasteiger partial charge on any atom is -0.389 e. The third-order valence-electron chi connectivity index (χ3n) is 2.63. The molecule has 4 nitrogen and oxygen atoms in total. The molecule has 0 amide bonds. The van der Waals surface area contributed by atoms with E-state index in [0.29, 0.717) is 0 Å². The Morgan fingerprint density at radius 2 is 2.50 bits per heavy atom. The summed E-state index contributed by atoms with van der Waals surface area (Å²) >= 11 is 1.49. The molecule has 0 saturated heterocycles. The highest BCUT2D eigenvalue weighted by Crippen LogP contribution is 2.36. The van der Waals surface area contributed by atoms with Gasteiger partial charge in [0, 0.05) is 7.11 Å². The monoisotopic (exact) mass is 213 g/mol. The molecule has 0 spiro atoms. The predicted octanol–water partition coefficient (Wildman–Crippen LogP) is 1.71. The highest BCUT2D eigenvalue weighted by atomic mass is 32.1. The van der Waals surface area contributed by atoms with Crippen molar-refractivity contribution in [1.82, 2.24) is 4.98 Å². The van der Waals surface area contributed by atoms with Crippen molar-refractivity contribution in [2.45, 2.75) is 24.8 Å². The van der Waals surface area contributed by atoms with Crippen LogP contribution in [0.15, 0.2) is 6.20 Å². The van der Waals surface area contributed by atoms with Crippen molar-refractivity contribution in [3.63, 3.8) is 0 Å². The van der Waals surface area contributed by atoms with Crippen LogP contribution >= 0.6 is 11.3 Å². The lowest BCUT2D eigenvalue weighted by Crippen LogP contribution is -2.48. The summed E-state index contributed by atoms with van der Waals surface area (Å²) in [7, 11) is 1.73. The molecule has 2 rings (SSSR count). The van der Waals surface area contributed by atoms with Crippen LogP contribution in [0.1, 0.15) is 19.3 Å². The predicted molar refractivity (Wildman–Crippen MR) is 58.6 cm³/mol. The summed E-state index contributed by atoms with van der Waals surface area (Å²) in [5.74, 6) is 0. The van der Waals surface area contributed by atoms with Crippen molar-refractivity contribution < 1.29 is 4.74 Å². The fourth-order valence-electron chi connectivity index (χ4n) is 1.76. The zero-order valence-corrected chi connectivity index (χ0v) is 9.06. The maximum Gasteiger partial charge on any atom is 0.185 e. The molecule has 1 heterocycles. The molecule has 0 atom stereocenters. The van der Waals surface area contributed by atoms with E-state index in [1.807, 2.05) is 0 Å². The Morgan fingerprint density at radius 1 is 1.71 bits per heavy atom. The zero-order chi connectivity index (χ0) is 10.0. The van der Waals surface area contributed by atoms with Crippen LogP contribution in [0.5, 0.6) is 0 Å². The normalized spacial score (nSPS) is 18.9. The van der Waals surface area contributed by atoms with E-state index in [0.717, 1.165) is 29.6 Å². The van der Waals surface area contributed by atoms with Gasteiger partial charge in [-0.2, -0.15) is 0 Å². The highest BCUT2D eigenvalue weighted by molar-refractivity contribution is 7.19. The summed E-state index contributed by atoms with van der Waals surface area (Å²) in [5, 5.41) is 5.07. The molecule has 0 unspecified atom stereocenters. The van der Waals surface area contributed by atoms with Gasteiger partial charge in [0.15, 0.2) is 5.13 Å². The van der Waals surface area contributed by atoms with Crippen LogP contribution in [-0.2, 0) is 4.74 Å². The van der Waals surface area contributed by atoms with Crippen LogP contribution in [0, 0.1) is 0 Å². The molecule has 1 fully saturated rings. The number of rotatable bonds is 4. The van der Waals surface area contributed by atoms with E-state index in [1.165, 1.54) is 17.8 Å². The second-order valence-electron chi connectivity index (χ2n) is 3.76. The molecule has 0 aromatic carbocycles. The van der Waals surface area contributed by atoms with Gasteiger partial charge in [0.2, 0.25) is 0 Å². The van der Waals surface area contributed by atoms with Gasteiger partial charge in [-0.25, -0.2) is 4.98 Å². The Balaban J connectivity index is 2.01. The largest absolute Gasteiger partial charge is 0.389 e. The maximum atomic E-state index is 5.62. The third kappa shape index (κ3) is 1.83. The minimum atomic E-state index is 0.110. The van der Waals surface area contributed by atoms with Crippen molar-refractivity contribution in [3.8, 4) is 0 Å². The van der Waals surface area contributed by atoms with Gasteiger partial charge in [0.1, 0.15) is 5.00 Å². The Hall–Kier alpha value is -0.810. The Kier molecular flexibility index (Phi) is 2.60. The van der Waals surface area contributed by atoms with Gasteiger partial charge >= 0.3 is 0 Å². The number of methoxy groups -OCH3 is 1. The molecule has 1 saturated carbocycles. The number of ether oxygens (including phenoxy) is 1. The van der Waals surface area contributed by atoms with Crippen LogP contribution < -0.4 is 11.1 Å². The molecule has 0 radical (unpaired) electrons. The van der Waals surface area contributed by atoms with Crippen molar-refractivity contribution >= 4 is 21.5 Å². The maximum absolute atomic E-state index is 5.62.